The van der Waals surface area contributed by atoms with E-state index in [1.54, 1.807) is 35.7 Å². The summed E-state index contributed by atoms with van der Waals surface area (Å²) in [5.41, 5.74) is 0.751. The second-order valence-electron chi connectivity index (χ2n) is 3.51. The van der Waals surface area contributed by atoms with E-state index >= 15 is 0 Å². The zero-order chi connectivity index (χ0) is 13.0. The molecular weight excluding hydrogens is 270 g/mol. The summed E-state index contributed by atoms with van der Waals surface area (Å²) in [6.07, 6.45) is 1.74. The number of sulfonamides is 1. The molecule has 1 aromatic heterocycles. The van der Waals surface area contributed by atoms with Crippen molar-refractivity contribution in [3.05, 3.63) is 40.8 Å². The normalized spacial score (nSPS) is 11.4. The summed E-state index contributed by atoms with van der Waals surface area (Å²) in [6.45, 7) is 0.584. The van der Waals surface area contributed by atoms with Crippen molar-refractivity contribution in [1.29, 1.82) is 0 Å². The van der Waals surface area contributed by atoms with Crippen LogP contribution in [-0.4, -0.2) is 20.4 Å². The first-order chi connectivity index (χ1) is 8.62. The molecule has 2 N–H and O–H groups in total. The third-order valence-electron chi connectivity index (χ3n) is 2.34. The van der Waals surface area contributed by atoms with Crippen molar-refractivity contribution in [3.63, 3.8) is 0 Å². The number of benzene rings is 1. The fourth-order valence-electron chi connectivity index (χ4n) is 1.41. The number of anilines is 1. The predicted molar refractivity (Wildman–Crippen MR) is 72.1 cm³/mol. The number of hydrogen-bond acceptors (Lipinski definition) is 5. The lowest BCUT2D eigenvalue weighted by molar-refractivity contribution is 0.588. The van der Waals surface area contributed by atoms with E-state index in [0.29, 0.717) is 6.54 Å². The fraction of sp³-hybridized carbons (Fsp3) is 0.182. The van der Waals surface area contributed by atoms with Gasteiger partial charge in [0, 0.05) is 17.3 Å². The van der Waals surface area contributed by atoms with Gasteiger partial charge in [0.15, 0.2) is 0 Å². The van der Waals surface area contributed by atoms with Gasteiger partial charge in [0.1, 0.15) is 5.01 Å². The van der Waals surface area contributed by atoms with Crippen molar-refractivity contribution in [2.24, 2.45) is 0 Å². The molecule has 18 heavy (non-hydrogen) atoms. The first-order valence-corrected chi connectivity index (χ1v) is 7.64. The Kier molecular flexibility index (Phi) is 3.95. The van der Waals surface area contributed by atoms with Gasteiger partial charge < -0.3 is 5.32 Å². The van der Waals surface area contributed by atoms with Crippen LogP contribution in [0.5, 0.6) is 0 Å². The molecule has 0 bridgehead atoms. The van der Waals surface area contributed by atoms with Gasteiger partial charge in [0.25, 0.3) is 0 Å². The monoisotopic (exact) mass is 283 g/mol. The zero-order valence-corrected chi connectivity index (χ0v) is 11.4. The van der Waals surface area contributed by atoms with E-state index < -0.39 is 10.0 Å². The van der Waals surface area contributed by atoms with Gasteiger partial charge in [-0.1, -0.05) is 6.07 Å². The first-order valence-electron chi connectivity index (χ1n) is 5.28. The molecule has 0 aliphatic heterocycles. The van der Waals surface area contributed by atoms with Crippen molar-refractivity contribution in [3.8, 4) is 0 Å². The summed E-state index contributed by atoms with van der Waals surface area (Å²) in [6, 6.07) is 6.68. The molecule has 1 aromatic carbocycles. The first kappa shape index (κ1) is 13.0. The van der Waals surface area contributed by atoms with Crippen molar-refractivity contribution >= 4 is 27.0 Å². The summed E-state index contributed by atoms with van der Waals surface area (Å²) in [5.74, 6) is 0. The standard InChI is InChI=1S/C11H13N3O2S2/c1-12-18(15,16)10-4-2-3-9(7-10)14-8-11-13-5-6-17-11/h2-7,12,14H,8H2,1H3. The largest absolute Gasteiger partial charge is 0.378 e. The smallest absolute Gasteiger partial charge is 0.240 e. The quantitative estimate of drug-likeness (QED) is 0.875. The van der Waals surface area contributed by atoms with Crippen molar-refractivity contribution in [2.45, 2.75) is 11.4 Å². The number of aromatic nitrogens is 1. The van der Waals surface area contributed by atoms with E-state index in [1.165, 1.54) is 7.05 Å². The molecule has 0 unspecified atom stereocenters. The average molecular weight is 283 g/mol. The predicted octanol–water partition coefficient (Wildman–Crippen LogP) is 1.66. The summed E-state index contributed by atoms with van der Waals surface area (Å²) in [4.78, 5) is 4.39. The molecule has 2 aromatic rings. The fourth-order valence-corrected chi connectivity index (χ4v) is 2.74. The molecule has 0 radical (unpaired) electrons. The summed E-state index contributed by atoms with van der Waals surface area (Å²) in [7, 11) is -2.00. The van der Waals surface area contributed by atoms with Crippen LogP contribution in [0.25, 0.3) is 0 Å². The third-order valence-corrected chi connectivity index (χ3v) is 4.53. The van der Waals surface area contributed by atoms with Gasteiger partial charge in [-0.05, 0) is 25.2 Å². The highest BCUT2D eigenvalue weighted by atomic mass is 32.2. The molecule has 2 rings (SSSR count). The maximum absolute atomic E-state index is 11.6. The number of nitrogens with zero attached hydrogens (tertiary/aromatic N) is 1. The molecule has 0 aliphatic rings. The Labute approximate surface area is 110 Å². The topological polar surface area (TPSA) is 71.1 Å². The van der Waals surface area contributed by atoms with Crippen LogP contribution in [0.2, 0.25) is 0 Å². The van der Waals surface area contributed by atoms with Crippen molar-refractivity contribution < 1.29 is 8.42 Å². The van der Waals surface area contributed by atoms with Gasteiger partial charge >= 0.3 is 0 Å². The lowest BCUT2D eigenvalue weighted by atomic mass is 10.3. The van der Waals surface area contributed by atoms with E-state index in [2.05, 4.69) is 15.0 Å². The molecule has 1 heterocycles. The molecule has 0 saturated carbocycles. The highest BCUT2D eigenvalue weighted by Crippen LogP contribution is 2.16. The van der Waals surface area contributed by atoms with Crippen LogP contribution in [0.4, 0.5) is 5.69 Å². The Morgan fingerprint density at radius 2 is 2.22 bits per heavy atom. The van der Waals surface area contributed by atoms with E-state index in [4.69, 9.17) is 0 Å². The van der Waals surface area contributed by atoms with Gasteiger partial charge in [-0.15, -0.1) is 11.3 Å². The second kappa shape index (κ2) is 5.47. The molecule has 0 spiro atoms. The minimum absolute atomic E-state index is 0.245. The highest BCUT2D eigenvalue weighted by Gasteiger charge is 2.11. The molecule has 0 atom stereocenters. The number of nitrogens with one attached hydrogen (secondary N) is 2. The third kappa shape index (κ3) is 3.06. The average Bonchev–Trinajstić information content (AvgIpc) is 2.90. The second-order valence-corrected chi connectivity index (χ2v) is 6.38. The van der Waals surface area contributed by atoms with E-state index in [9.17, 15) is 8.42 Å². The van der Waals surface area contributed by atoms with E-state index in [-0.39, 0.29) is 4.90 Å². The highest BCUT2D eigenvalue weighted by molar-refractivity contribution is 7.89. The van der Waals surface area contributed by atoms with Gasteiger partial charge in [-0.25, -0.2) is 18.1 Å². The van der Waals surface area contributed by atoms with Crippen LogP contribution in [0.15, 0.2) is 40.7 Å². The van der Waals surface area contributed by atoms with Gasteiger partial charge in [0.05, 0.1) is 11.4 Å². The minimum atomic E-state index is -3.40. The molecular formula is C11H13N3O2S2. The summed E-state index contributed by atoms with van der Waals surface area (Å²) in [5, 5.41) is 6.00. The summed E-state index contributed by atoms with van der Waals surface area (Å²) >= 11 is 1.55. The molecule has 7 heteroatoms. The minimum Gasteiger partial charge on any atom is -0.378 e. The zero-order valence-electron chi connectivity index (χ0n) is 9.75. The van der Waals surface area contributed by atoms with Crippen LogP contribution in [0.3, 0.4) is 0 Å². The van der Waals surface area contributed by atoms with Crippen molar-refractivity contribution in [1.82, 2.24) is 9.71 Å². The van der Waals surface area contributed by atoms with Gasteiger partial charge in [-0.2, -0.15) is 0 Å². The Hall–Kier alpha value is -1.44. The Bertz CT molecular complexity index is 609. The van der Waals surface area contributed by atoms with Crippen LogP contribution >= 0.6 is 11.3 Å². The molecule has 0 fully saturated rings. The Morgan fingerprint density at radius 1 is 1.39 bits per heavy atom. The molecule has 5 nitrogen and oxygen atoms in total. The lowest BCUT2D eigenvalue weighted by Gasteiger charge is -2.07. The lowest BCUT2D eigenvalue weighted by Crippen LogP contribution is -2.18. The van der Waals surface area contributed by atoms with Crippen molar-refractivity contribution in [2.75, 3.05) is 12.4 Å². The van der Waals surface area contributed by atoms with Gasteiger partial charge in [0.2, 0.25) is 10.0 Å². The van der Waals surface area contributed by atoms with Crippen LogP contribution in [-0.2, 0) is 16.6 Å². The molecule has 96 valence electrons. The molecule has 0 aliphatic carbocycles. The number of rotatable bonds is 5. The van der Waals surface area contributed by atoms with Crippen LogP contribution in [0.1, 0.15) is 5.01 Å². The maximum atomic E-state index is 11.6. The number of thiazole rings is 1. The maximum Gasteiger partial charge on any atom is 0.240 e. The SMILES string of the molecule is CNS(=O)(=O)c1cccc(NCc2nccs2)c1. The Balaban J connectivity index is 2.13. The van der Waals surface area contributed by atoms with Crippen LogP contribution < -0.4 is 10.0 Å². The van der Waals surface area contributed by atoms with Crippen LogP contribution in [0, 0.1) is 0 Å². The van der Waals surface area contributed by atoms with Gasteiger partial charge in [-0.3, -0.25) is 0 Å². The Morgan fingerprint density at radius 3 is 2.89 bits per heavy atom. The number of hydrogen-bond donors (Lipinski definition) is 2. The molecule has 0 amide bonds. The summed E-state index contributed by atoms with van der Waals surface area (Å²) < 4.78 is 25.6. The van der Waals surface area contributed by atoms with E-state index in [0.717, 1.165) is 10.7 Å². The van der Waals surface area contributed by atoms with E-state index in [1.807, 2.05) is 11.4 Å². The molecule has 0 saturated heterocycles.